The third-order valence-electron chi connectivity index (χ3n) is 13.7. The lowest BCUT2D eigenvalue weighted by Gasteiger charge is -2.47. The van der Waals surface area contributed by atoms with Crippen molar-refractivity contribution in [1.82, 2.24) is 0 Å². The van der Waals surface area contributed by atoms with E-state index in [0.717, 1.165) is 11.4 Å². The minimum absolute atomic E-state index is 0.181. The van der Waals surface area contributed by atoms with Gasteiger partial charge in [-0.25, -0.2) is 0 Å². The monoisotopic (exact) mass is 777 g/mol. The van der Waals surface area contributed by atoms with Crippen molar-refractivity contribution in [1.29, 1.82) is 0 Å². The lowest BCUT2D eigenvalue weighted by molar-refractivity contribution is 0.563. The summed E-state index contributed by atoms with van der Waals surface area (Å²) >= 11 is 0. The molecule has 10 aromatic rings. The van der Waals surface area contributed by atoms with Gasteiger partial charge in [0.1, 0.15) is 0 Å². The Bertz CT molecular complexity index is 3150. The van der Waals surface area contributed by atoms with Crippen molar-refractivity contribution < 1.29 is 0 Å². The Morgan fingerprint density at radius 1 is 0.311 bits per heavy atom. The van der Waals surface area contributed by atoms with Crippen LogP contribution in [0, 0.1) is 0 Å². The van der Waals surface area contributed by atoms with Gasteiger partial charge in [-0.1, -0.05) is 208 Å². The summed E-state index contributed by atoms with van der Waals surface area (Å²) in [5.74, 6) is 0. The van der Waals surface area contributed by atoms with Gasteiger partial charge >= 0.3 is 0 Å². The van der Waals surface area contributed by atoms with Crippen molar-refractivity contribution in [2.24, 2.45) is 0 Å². The second-order valence-electron chi connectivity index (χ2n) is 17.2. The summed E-state index contributed by atoms with van der Waals surface area (Å²) in [7, 11) is 0. The lowest BCUT2D eigenvalue weighted by atomic mass is 9.55. The van der Waals surface area contributed by atoms with Gasteiger partial charge in [0, 0.05) is 22.4 Å². The molecule has 10 aromatic carbocycles. The molecule has 288 valence electrons. The summed E-state index contributed by atoms with van der Waals surface area (Å²) in [6.45, 7) is 4.79. The van der Waals surface area contributed by atoms with Crippen LogP contribution in [0.3, 0.4) is 0 Å². The van der Waals surface area contributed by atoms with Crippen LogP contribution in [0.1, 0.15) is 47.2 Å². The first-order chi connectivity index (χ1) is 30.0. The van der Waals surface area contributed by atoms with Crippen LogP contribution in [0.15, 0.2) is 224 Å². The Morgan fingerprint density at radius 2 is 0.705 bits per heavy atom. The highest BCUT2D eigenvalue weighted by Gasteiger charge is 2.54. The molecule has 61 heavy (non-hydrogen) atoms. The van der Waals surface area contributed by atoms with E-state index >= 15 is 0 Å². The average Bonchev–Trinajstić information content (AvgIpc) is 3.63. The highest BCUT2D eigenvalue weighted by molar-refractivity contribution is 6.00. The third-order valence-corrected chi connectivity index (χ3v) is 13.7. The smallest absolute Gasteiger partial charge is 0.0740 e. The fourth-order valence-corrected chi connectivity index (χ4v) is 11.0. The molecule has 1 heteroatoms. The molecule has 0 atom stereocenters. The van der Waals surface area contributed by atoms with E-state index in [0.29, 0.717) is 0 Å². The van der Waals surface area contributed by atoms with Crippen LogP contribution in [-0.4, -0.2) is 0 Å². The van der Waals surface area contributed by atoms with Gasteiger partial charge in [0.2, 0.25) is 0 Å². The summed E-state index contributed by atoms with van der Waals surface area (Å²) in [4.78, 5) is 2.51. The van der Waals surface area contributed by atoms with Crippen molar-refractivity contribution in [3.05, 3.63) is 258 Å². The minimum Gasteiger partial charge on any atom is -0.310 e. The summed E-state index contributed by atoms with van der Waals surface area (Å²) in [6, 6.07) is 83.6. The average molecular weight is 778 g/mol. The molecular weight excluding hydrogens is 735 g/mol. The fourth-order valence-electron chi connectivity index (χ4n) is 11.0. The van der Waals surface area contributed by atoms with Crippen LogP contribution in [0.2, 0.25) is 0 Å². The molecule has 1 spiro atoms. The summed E-state index contributed by atoms with van der Waals surface area (Å²) in [5, 5.41) is 5.02. The van der Waals surface area contributed by atoms with E-state index in [1.165, 1.54) is 94.0 Å². The Kier molecular flexibility index (Phi) is 7.86. The number of fused-ring (bicyclic) bond motifs is 11. The highest BCUT2D eigenvalue weighted by atomic mass is 15.1. The molecular formula is C60H43N. The molecule has 0 aliphatic heterocycles. The number of benzene rings is 10. The van der Waals surface area contributed by atoms with Crippen molar-refractivity contribution >= 4 is 38.6 Å². The van der Waals surface area contributed by atoms with E-state index in [1.54, 1.807) is 0 Å². The molecule has 0 radical (unpaired) electrons. The number of hydrogen-bond acceptors (Lipinski definition) is 1. The molecule has 2 aliphatic carbocycles. The van der Waals surface area contributed by atoms with E-state index in [2.05, 4.69) is 243 Å². The van der Waals surface area contributed by atoms with Gasteiger partial charge in [-0.3, -0.25) is 0 Å². The zero-order valence-corrected chi connectivity index (χ0v) is 34.3. The fraction of sp³-hybridized carbons (Fsp3) is 0.0667. The van der Waals surface area contributed by atoms with Crippen LogP contribution in [0.25, 0.3) is 54.9 Å². The van der Waals surface area contributed by atoms with E-state index in [-0.39, 0.29) is 5.41 Å². The van der Waals surface area contributed by atoms with E-state index in [1.807, 2.05) is 0 Å². The maximum absolute atomic E-state index is 2.51. The molecule has 1 nitrogen and oxygen atoms in total. The van der Waals surface area contributed by atoms with E-state index < -0.39 is 5.41 Å². The molecule has 2 aliphatic rings. The standard InChI is InChI=1S/C60H43N/c1-59(2)53-27-9-11-29-55(53)60(56-30-12-10-28-54(56)59)52-26-8-7-22-50(52)51-25-15-31-57(58(51)60)61(44-36-32-42(33-37-44)48-23-13-18-40-16-3-5-20-46(40)48)45-38-34-43(35-39-45)49-24-14-19-41-17-4-6-21-47(41)49/h3-39H,1-2H3. The van der Waals surface area contributed by atoms with Gasteiger partial charge in [-0.05, 0) is 113 Å². The van der Waals surface area contributed by atoms with Gasteiger partial charge in [0.05, 0.1) is 11.1 Å². The van der Waals surface area contributed by atoms with Crippen molar-refractivity contribution in [3.8, 4) is 33.4 Å². The highest BCUT2D eigenvalue weighted by Crippen LogP contribution is 2.64. The van der Waals surface area contributed by atoms with Crippen molar-refractivity contribution in [3.63, 3.8) is 0 Å². The first kappa shape index (κ1) is 35.5. The lowest BCUT2D eigenvalue weighted by Crippen LogP contribution is -2.41. The molecule has 0 unspecified atom stereocenters. The maximum atomic E-state index is 2.51. The minimum atomic E-state index is -0.546. The Labute approximate surface area is 357 Å². The van der Waals surface area contributed by atoms with Gasteiger partial charge in [-0.2, -0.15) is 0 Å². The van der Waals surface area contributed by atoms with Gasteiger partial charge in [0.15, 0.2) is 0 Å². The number of rotatable bonds is 5. The van der Waals surface area contributed by atoms with Crippen molar-refractivity contribution in [2.45, 2.75) is 24.7 Å². The molecule has 0 saturated carbocycles. The normalized spacial score (nSPS) is 14.0. The number of nitrogens with zero attached hydrogens (tertiary/aromatic N) is 1. The Hall–Kier alpha value is -7.48. The number of anilines is 3. The van der Waals surface area contributed by atoms with E-state index in [9.17, 15) is 0 Å². The maximum Gasteiger partial charge on any atom is 0.0740 e. The van der Waals surface area contributed by atoms with Crippen LogP contribution >= 0.6 is 0 Å². The molecule has 0 amide bonds. The summed E-state index contributed by atoms with van der Waals surface area (Å²) < 4.78 is 0. The first-order valence-electron chi connectivity index (χ1n) is 21.4. The first-order valence-corrected chi connectivity index (χ1v) is 21.4. The van der Waals surface area contributed by atoms with Gasteiger partial charge < -0.3 is 4.90 Å². The summed E-state index contributed by atoms with van der Waals surface area (Å²) in [6.07, 6.45) is 0. The molecule has 0 saturated heterocycles. The largest absolute Gasteiger partial charge is 0.310 e. The van der Waals surface area contributed by atoms with Gasteiger partial charge in [-0.15, -0.1) is 0 Å². The van der Waals surface area contributed by atoms with Crippen LogP contribution < -0.4 is 4.90 Å². The number of hydrogen-bond donors (Lipinski definition) is 0. The topological polar surface area (TPSA) is 3.24 Å². The predicted molar refractivity (Wildman–Crippen MR) is 256 cm³/mol. The molecule has 0 N–H and O–H groups in total. The molecule has 0 heterocycles. The van der Waals surface area contributed by atoms with E-state index in [4.69, 9.17) is 0 Å². The molecule has 0 aromatic heterocycles. The Morgan fingerprint density at radius 3 is 1.25 bits per heavy atom. The zero-order chi connectivity index (χ0) is 40.7. The SMILES string of the molecule is CC1(C)c2ccccc2C2(c3ccccc3-c3cccc(N(c4ccc(-c5cccc6ccccc56)cc4)c4ccc(-c5cccc6ccccc56)cc4)c32)c2ccccc21. The van der Waals surface area contributed by atoms with Crippen LogP contribution in [0.5, 0.6) is 0 Å². The predicted octanol–water partition coefficient (Wildman–Crippen LogP) is 15.8. The molecule has 0 fully saturated rings. The zero-order valence-electron chi connectivity index (χ0n) is 34.3. The van der Waals surface area contributed by atoms with Crippen molar-refractivity contribution in [2.75, 3.05) is 4.90 Å². The van der Waals surface area contributed by atoms with Crippen LogP contribution in [0.4, 0.5) is 17.1 Å². The summed E-state index contributed by atoms with van der Waals surface area (Å²) in [5.41, 5.74) is 18.2. The van der Waals surface area contributed by atoms with Crippen LogP contribution in [-0.2, 0) is 10.8 Å². The van der Waals surface area contributed by atoms with Gasteiger partial charge in [0.25, 0.3) is 0 Å². The molecule has 12 rings (SSSR count). The quantitative estimate of drug-likeness (QED) is 0.168. The third kappa shape index (κ3) is 5.14. The molecule has 0 bridgehead atoms. The second kappa shape index (κ2) is 13.5. The second-order valence-corrected chi connectivity index (χ2v) is 17.2. The Balaban J connectivity index is 1.12.